The van der Waals surface area contributed by atoms with E-state index >= 15 is 0 Å². The van der Waals surface area contributed by atoms with Gasteiger partial charge in [-0.05, 0) is 53.8 Å². The average molecular weight is 405 g/mol. The number of carbonyl (C=O) groups excluding carboxylic acids is 2. The molecule has 2 rings (SSSR count). The van der Waals surface area contributed by atoms with Gasteiger partial charge in [0.1, 0.15) is 11.5 Å². The van der Waals surface area contributed by atoms with Crippen LogP contribution in [0.2, 0.25) is 5.02 Å². The monoisotopic (exact) mass is 404 g/mol. The van der Waals surface area contributed by atoms with E-state index in [1.165, 1.54) is 5.56 Å². The van der Waals surface area contributed by atoms with Crippen molar-refractivity contribution < 1.29 is 19.1 Å². The molecule has 2 amide bonds. The summed E-state index contributed by atoms with van der Waals surface area (Å²) in [4.78, 5) is 23.6. The number of benzene rings is 2. The summed E-state index contributed by atoms with van der Waals surface area (Å²) in [6.45, 7) is 7.75. The van der Waals surface area contributed by atoms with Crippen LogP contribution >= 0.6 is 11.6 Å². The van der Waals surface area contributed by atoms with Crippen LogP contribution in [0.3, 0.4) is 0 Å². The Balaban J connectivity index is 1.70. The van der Waals surface area contributed by atoms with Gasteiger partial charge in [0.25, 0.3) is 11.8 Å². The van der Waals surface area contributed by atoms with Crippen LogP contribution in [0.15, 0.2) is 42.5 Å². The van der Waals surface area contributed by atoms with E-state index in [2.05, 4.69) is 31.6 Å². The fourth-order valence-corrected chi connectivity index (χ4v) is 2.39. The molecule has 0 heterocycles. The Morgan fingerprint density at radius 3 is 1.89 bits per heavy atom. The highest BCUT2D eigenvalue weighted by atomic mass is 35.5. The summed E-state index contributed by atoms with van der Waals surface area (Å²) in [7, 11) is 0. The molecule has 6 nitrogen and oxygen atoms in total. The van der Waals surface area contributed by atoms with Crippen molar-refractivity contribution in [3.05, 3.63) is 58.6 Å². The molecule has 0 radical (unpaired) electrons. The molecule has 0 unspecified atom stereocenters. The Kier molecular flexibility index (Phi) is 7.29. The third-order valence-corrected chi connectivity index (χ3v) is 4.36. The van der Waals surface area contributed by atoms with E-state index in [1.54, 1.807) is 18.2 Å². The van der Waals surface area contributed by atoms with E-state index < -0.39 is 11.8 Å². The lowest BCUT2D eigenvalue weighted by molar-refractivity contribution is -0.131. The maximum absolute atomic E-state index is 11.8. The maximum Gasteiger partial charge on any atom is 0.276 e. The van der Waals surface area contributed by atoms with E-state index in [9.17, 15) is 9.59 Å². The molecule has 0 fully saturated rings. The summed E-state index contributed by atoms with van der Waals surface area (Å²) in [5, 5.41) is 0.622. The van der Waals surface area contributed by atoms with Gasteiger partial charge in [-0.15, -0.1) is 0 Å². The normalized spacial score (nSPS) is 10.9. The molecule has 28 heavy (non-hydrogen) atoms. The van der Waals surface area contributed by atoms with Crippen LogP contribution in [0, 0.1) is 6.92 Å². The second kappa shape index (κ2) is 9.46. The number of carbonyl (C=O) groups is 2. The second-order valence-electron chi connectivity index (χ2n) is 7.36. The number of hydrazine groups is 1. The molecule has 2 N–H and O–H groups in total. The fraction of sp³-hybridized carbons (Fsp3) is 0.333. The first-order valence-electron chi connectivity index (χ1n) is 8.85. The first-order chi connectivity index (χ1) is 13.1. The lowest BCUT2D eigenvalue weighted by Gasteiger charge is -2.19. The van der Waals surface area contributed by atoms with Crippen molar-refractivity contribution in [1.29, 1.82) is 0 Å². The summed E-state index contributed by atoms with van der Waals surface area (Å²) in [5.74, 6) is 0.132. The molecule has 0 aliphatic heterocycles. The molecule has 7 heteroatoms. The molecule has 0 saturated heterocycles. The first-order valence-corrected chi connectivity index (χ1v) is 9.23. The number of hydrogen-bond donors (Lipinski definition) is 2. The largest absolute Gasteiger partial charge is 0.484 e. The zero-order chi connectivity index (χ0) is 20.7. The van der Waals surface area contributed by atoms with Crippen molar-refractivity contribution in [3.63, 3.8) is 0 Å². The molecule has 0 spiro atoms. The van der Waals surface area contributed by atoms with Gasteiger partial charge in [-0.2, -0.15) is 0 Å². The van der Waals surface area contributed by atoms with E-state index in [1.807, 2.05) is 31.2 Å². The van der Waals surface area contributed by atoms with Crippen LogP contribution in [0.5, 0.6) is 11.5 Å². The third kappa shape index (κ3) is 6.78. The zero-order valence-corrected chi connectivity index (χ0v) is 17.2. The number of ether oxygens (including phenoxy) is 2. The van der Waals surface area contributed by atoms with E-state index in [-0.39, 0.29) is 18.6 Å². The van der Waals surface area contributed by atoms with E-state index in [0.717, 1.165) is 5.56 Å². The SMILES string of the molecule is Cc1cc(OCC(=O)NNC(=O)COc2ccc(C(C)(C)C)cc2)ccc1Cl. The van der Waals surface area contributed by atoms with Crippen LogP contribution in [0.1, 0.15) is 31.9 Å². The average Bonchev–Trinajstić information content (AvgIpc) is 2.65. The molecule has 0 aliphatic rings. The Morgan fingerprint density at radius 2 is 1.39 bits per heavy atom. The zero-order valence-electron chi connectivity index (χ0n) is 16.5. The molecule has 0 aromatic heterocycles. The van der Waals surface area contributed by atoms with Gasteiger partial charge in [-0.3, -0.25) is 20.4 Å². The minimum Gasteiger partial charge on any atom is -0.484 e. The van der Waals surface area contributed by atoms with Crippen molar-refractivity contribution in [2.45, 2.75) is 33.1 Å². The molecule has 150 valence electrons. The number of hydrogen-bond acceptors (Lipinski definition) is 4. The molecule has 2 aromatic rings. The van der Waals surface area contributed by atoms with E-state index in [0.29, 0.717) is 16.5 Å². The topological polar surface area (TPSA) is 76.7 Å². The second-order valence-corrected chi connectivity index (χ2v) is 7.77. The van der Waals surface area contributed by atoms with Gasteiger partial charge in [0.15, 0.2) is 13.2 Å². The minimum atomic E-state index is -0.490. The quantitative estimate of drug-likeness (QED) is 0.722. The van der Waals surface area contributed by atoms with Crippen molar-refractivity contribution in [2.75, 3.05) is 13.2 Å². The van der Waals surface area contributed by atoms with Gasteiger partial charge < -0.3 is 9.47 Å². The molecular formula is C21H25ClN2O4. The van der Waals surface area contributed by atoms with Crippen molar-refractivity contribution >= 4 is 23.4 Å². The lowest BCUT2D eigenvalue weighted by atomic mass is 9.87. The Labute approximate surface area is 170 Å². The van der Waals surface area contributed by atoms with Crippen LogP contribution in [0.25, 0.3) is 0 Å². The molecule has 0 atom stereocenters. The summed E-state index contributed by atoms with van der Waals surface area (Å²) in [6, 6.07) is 12.6. The van der Waals surface area contributed by atoms with Gasteiger partial charge in [0.2, 0.25) is 0 Å². The Hall–Kier alpha value is -2.73. The van der Waals surface area contributed by atoms with Gasteiger partial charge in [-0.1, -0.05) is 44.5 Å². The highest BCUT2D eigenvalue weighted by Crippen LogP contribution is 2.24. The first kappa shape index (κ1) is 21.6. The summed E-state index contributed by atoms with van der Waals surface area (Å²) < 4.78 is 10.8. The van der Waals surface area contributed by atoms with Crippen LogP contribution in [-0.4, -0.2) is 25.0 Å². The summed E-state index contributed by atoms with van der Waals surface area (Å²) in [5.41, 5.74) is 6.62. The summed E-state index contributed by atoms with van der Waals surface area (Å²) >= 11 is 5.94. The molecule has 0 aliphatic carbocycles. The molecule has 2 aromatic carbocycles. The van der Waals surface area contributed by atoms with Crippen molar-refractivity contribution in [2.24, 2.45) is 0 Å². The standard InChI is InChI=1S/C21H25ClN2O4/c1-14-11-17(9-10-18(14)22)28-13-20(26)24-23-19(25)12-27-16-7-5-15(6-8-16)21(2,3)4/h5-11H,12-13H2,1-4H3,(H,23,25)(H,24,26). The molecular weight excluding hydrogens is 380 g/mol. The smallest absolute Gasteiger partial charge is 0.276 e. The maximum atomic E-state index is 11.8. The van der Waals surface area contributed by atoms with Crippen molar-refractivity contribution in [3.8, 4) is 11.5 Å². The predicted molar refractivity (Wildman–Crippen MR) is 109 cm³/mol. The van der Waals surface area contributed by atoms with Gasteiger partial charge >= 0.3 is 0 Å². The number of amides is 2. The van der Waals surface area contributed by atoms with E-state index in [4.69, 9.17) is 21.1 Å². The van der Waals surface area contributed by atoms with Crippen LogP contribution < -0.4 is 20.3 Å². The number of nitrogens with one attached hydrogen (secondary N) is 2. The predicted octanol–water partition coefficient (Wildman–Crippen LogP) is 3.55. The molecule has 0 saturated carbocycles. The highest BCUT2D eigenvalue weighted by Gasteiger charge is 2.13. The van der Waals surface area contributed by atoms with Gasteiger partial charge in [-0.25, -0.2) is 0 Å². The number of rotatable bonds is 6. The summed E-state index contributed by atoms with van der Waals surface area (Å²) in [6.07, 6.45) is 0. The van der Waals surface area contributed by atoms with Gasteiger partial charge in [0, 0.05) is 5.02 Å². The Bertz CT molecular complexity index is 829. The van der Waals surface area contributed by atoms with Crippen molar-refractivity contribution in [1.82, 2.24) is 10.9 Å². The van der Waals surface area contributed by atoms with Crippen LogP contribution in [0.4, 0.5) is 0 Å². The highest BCUT2D eigenvalue weighted by molar-refractivity contribution is 6.31. The lowest BCUT2D eigenvalue weighted by Crippen LogP contribution is -2.45. The van der Waals surface area contributed by atoms with Gasteiger partial charge in [0.05, 0.1) is 0 Å². The fourth-order valence-electron chi connectivity index (χ4n) is 2.27. The third-order valence-electron chi connectivity index (χ3n) is 3.93. The molecule has 0 bridgehead atoms. The number of halogens is 1. The minimum absolute atomic E-state index is 0.0486. The number of aryl methyl sites for hydroxylation is 1. The Morgan fingerprint density at radius 1 is 0.893 bits per heavy atom. The van der Waals surface area contributed by atoms with Crippen LogP contribution in [-0.2, 0) is 15.0 Å².